The van der Waals surface area contributed by atoms with E-state index in [0.29, 0.717) is 19.3 Å². The number of hydrogen-bond acceptors (Lipinski definition) is 6. The van der Waals surface area contributed by atoms with Crippen molar-refractivity contribution in [3.05, 3.63) is 146 Å². The summed E-state index contributed by atoms with van der Waals surface area (Å²) >= 11 is 0. The number of hydrogen-bond donors (Lipinski definition) is 0. The third-order valence-electron chi connectivity index (χ3n) is 12.1. The Kier molecular flexibility index (Phi) is 57.0. The molecule has 0 aliphatic rings. The first-order chi connectivity index (χ1) is 36.5. The molecule has 0 bridgehead atoms. The molecule has 0 aromatic heterocycles. The van der Waals surface area contributed by atoms with Gasteiger partial charge in [0.15, 0.2) is 6.10 Å². The van der Waals surface area contributed by atoms with Gasteiger partial charge in [-0.3, -0.25) is 14.4 Å². The molecule has 0 heterocycles. The standard InChI is InChI=1S/C68H108O6/c1-4-7-10-13-16-19-22-25-27-28-29-30-31-32-33-34-35-36-37-38-39-40-41-44-46-49-52-55-58-61-67(70)73-64-65(63-72-66(69)60-57-54-51-48-45-42-24-21-18-15-12-9-6-3)74-68(71)62-59-56-53-50-47-43-26-23-20-17-14-11-8-5-2/h7,9-10,12,16,18-19,21,23,25-27,29-30,32-33,35-36,38-39,41-42,44-45,65H,4-6,8,11,13-15,17,20,22,24,28,31,34,37,40,43,46-64H2,1-3H3/b10-7-,12-9-,19-16-,21-18-,26-23-,27-25-,30-29-,33-32-,36-35-,39-38-,44-41-,45-42-. The molecule has 0 aliphatic heterocycles. The van der Waals surface area contributed by atoms with Crippen molar-refractivity contribution in [2.45, 2.75) is 252 Å². The summed E-state index contributed by atoms with van der Waals surface area (Å²) in [5.74, 6) is -0.976. The van der Waals surface area contributed by atoms with Crippen molar-refractivity contribution in [3.8, 4) is 0 Å². The fraction of sp³-hybridized carbons (Fsp3) is 0.603. The highest BCUT2D eigenvalue weighted by Crippen LogP contribution is 2.13. The van der Waals surface area contributed by atoms with Gasteiger partial charge in [-0.15, -0.1) is 0 Å². The molecule has 416 valence electrons. The molecule has 6 heteroatoms. The highest BCUT2D eigenvalue weighted by molar-refractivity contribution is 5.71. The largest absolute Gasteiger partial charge is 0.462 e. The highest BCUT2D eigenvalue weighted by atomic mass is 16.6. The van der Waals surface area contributed by atoms with Crippen molar-refractivity contribution < 1.29 is 28.6 Å². The predicted octanol–water partition coefficient (Wildman–Crippen LogP) is 20.4. The van der Waals surface area contributed by atoms with E-state index in [1.54, 1.807) is 0 Å². The van der Waals surface area contributed by atoms with Crippen LogP contribution in [0.25, 0.3) is 0 Å². The fourth-order valence-electron chi connectivity index (χ4n) is 7.64. The van der Waals surface area contributed by atoms with Gasteiger partial charge in [0.2, 0.25) is 0 Å². The molecule has 0 aliphatic carbocycles. The van der Waals surface area contributed by atoms with Crippen LogP contribution in [0.3, 0.4) is 0 Å². The van der Waals surface area contributed by atoms with E-state index >= 15 is 0 Å². The molecule has 1 unspecified atom stereocenters. The van der Waals surface area contributed by atoms with Gasteiger partial charge in [-0.1, -0.05) is 231 Å². The van der Waals surface area contributed by atoms with Gasteiger partial charge in [0.1, 0.15) is 13.2 Å². The van der Waals surface area contributed by atoms with E-state index in [0.717, 1.165) is 161 Å². The number of unbranched alkanes of at least 4 members (excludes halogenated alkanes) is 17. The summed E-state index contributed by atoms with van der Waals surface area (Å²) in [5, 5.41) is 0. The first-order valence-electron chi connectivity index (χ1n) is 29.8. The molecule has 0 fully saturated rings. The topological polar surface area (TPSA) is 78.9 Å². The lowest BCUT2D eigenvalue weighted by Gasteiger charge is -2.18. The van der Waals surface area contributed by atoms with Crippen molar-refractivity contribution in [3.63, 3.8) is 0 Å². The minimum absolute atomic E-state index is 0.109. The SMILES string of the molecule is CC/C=C\C/C=C\C/C=C\C/C=C\C/C=C\C/C=C\C/C=C\C/C=C\CCCCCCC(=O)OCC(COC(=O)CCCCC/C=C\C/C=C\C/C=C\CC)OC(=O)CCCCCCC/C=C\CCCCCCC. The smallest absolute Gasteiger partial charge is 0.306 e. The summed E-state index contributed by atoms with van der Waals surface area (Å²) in [7, 11) is 0. The Morgan fingerprint density at radius 1 is 0.284 bits per heavy atom. The monoisotopic (exact) mass is 1020 g/mol. The number of rotatable bonds is 52. The number of carbonyl (C=O) groups excluding carboxylic acids is 3. The maximum Gasteiger partial charge on any atom is 0.306 e. The lowest BCUT2D eigenvalue weighted by atomic mass is 10.1. The maximum absolute atomic E-state index is 12.8. The highest BCUT2D eigenvalue weighted by Gasteiger charge is 2.19. The molecular formula is C68H108O6. The molecule has 74 heavy (non-hydrogen) atoms. The van der Waals surface area contributed by atoms with E-state index < -0.39 is 6.10 Å². The minimum Gasteiger partial charge on any atom is -0.462 e. The van der Waals surface area contributed by atoms with Crippen LogP contribution in [-0.2, 0) is 28.6 Å². The molecule has 0 saturated carbocycles. The molecule has 1 atom stereocenters. The molecule has 0 N–H and O–H groups in total. The average molecular weight is 1020 g/mol. The zero-order valence-corrected chi connectivity index (χ0v) is 47.5. The summed E-state index contributed by atoms with van der Waals surface area (Å²) in [4.78, 5) is 38.1. The van der Waals surface area contributed by atoms with E-state index in [-0.39, 0.29) is 31.1 Å². The molecule has 0 aromatic rings. The Labute approximate surface area is 455 Å². The first-order valence-corrected chi connectivity index (χ1v) is 29.8. The Hall–Kier alpha value is -4.71. The first kappa shape index (κ1) is 69.3. The van der Waals surface area contributed by atoms with Crippen LogP contribution in [0.4, 0.5) is 0 Å². The normalized spacial score (nSPS) is 13.2. The third-order valence-corrected chi connectivity index (χ3v) is 12.1. The molecule has 6 nitrogen and oxygen atoms in total. The van der Waals surface area contributed by atoms with Crippen molar-refractivity contribution in [1.29, 1.82) is 0 Å². The summed E-state index contributed by atoms with van der Waals surface area (Å²) in [6, 6.07) is 0. The van der Waals surface area contributed by atoms with Gasteiger partial charge in [-0.05, 0) is 141 Å². The minimum atomic E-state index is -0.811. The van der Waals surface area contributed by atoms with Crippen molar-refractivity contribution in [2.75, 3.05) is 13.2 Å². The second kappa shape index (κ2) is 60.8. The van der Waals surface area contributed by atoms with Crippen molar-refractivity contribution >= 4 is 17.9 Å². The van der Waals surface area contributed by atoms with E-state index in [1.165, 1.54) is 44.9 Å². The van der Waals surface area contributed by atoms with Gasteiger partial charge < -0.3 is 14.2 Å². The predicted molar refractivity (Wildman–Crippen MR) is 320 cm³/mol. The van der Waals surface area contributed by atoms with E-state index in [4.69, 9.17) is 14.2 Å². The van der Waals surface area contributed by atoms with Crippen LogP contribution in [-0.4, -0.2) is 37.2 Å². The van der Waals surface area contributed by atoms with Gasteiger partial charge in [0.25, 0.3) is 0 Å². The molecule has 0 saturated heterocycles. The molecular weight excluding hydrogens is 913 g/mol. The number of ether oxygens (including phenoxy) is 3. The second-order valence-electron chi connectivity index (χ2n) is 19.1. The summed E-state index contributed by atoms with van der Waals surface area (Å²) in [6.07, 6.45) is 87.0. The van der Waals surface area contributed by atoms with E-state index in [9.17, 15) is 14.4 Å². The third kappa shape index (κ3) is 58.2. The Balaban J connectivity index is 4.40. The summed E-state index contributed by atoms with van der Waals surface area (Å²) < 4.78 is 16.8. The molecule has 0 rings (SSSR count). The van der Waals surface area contributed by atoms with Crippen LogP contribution in [0.1, 0.15) is 245 Å². The number of carbonyl (C=O) groups is 3. The van der Waals surface area contributed by atoms with E-state index in [1.807, 2.05) is 0 Å². The van der Waals surface area contributed by atoms with Gasteiger partial charge >= 0.3 is 17.9 Å². The maximum atomic E-state index is 12.8. The van der Waals surface area contributed by atoms with Gasteiger partial charge in [-0.2, -0.15) is 0 Å². The summed E-state index contributed by atoms with van der Waals surface area (Å²) in [5.41, 5.74) is 0. The Morgan fingerprint density at radius 3 is 0.851 bits per heavy atom. The Bertz CT molecular complexity index is 1640. The van der Waals surface area contributed by atoms with Crippen LogP contribution in [0.15, 0.2) is 146 Å². The number of allylic oxidation sites excluding steroid dienone is 24. The second-order valence-corrected chi connectivity index (χ2v) is 19.1. The molecule has 0 amide bonds. The van der Waals surface area contributed by atoms with Crippen molar-refractivity contribution in [2.24, 2.45) is 0 Å². The Morgan fingerprint density at radius 2 is 0.527 bits per heavy atom. The zero-order valence-electron chi connectivity index (χ0n) is 47.5. The van der Waals surface area contributed by atoms with Crippen molar-refractivity contribution in [1.82, 2.24) is 0 Å². The van der Waals surface area contributed by atoms with Gasteiger partial charge in [-0.25, -0.2) is 0 Å². The van der Waals surface area contributed by atoms with Crippen LogP contribution in [0.2, 0.25) is 0 Å². The van der Waals surface area contributed by atoms with Crippen LogP contribution >= 0.6 is 0 Å². The number of esters is 3. The molecule has 0 radical (unpaired) electrons. The lowest BCUT2D eigenvalue weighted by Crippen LogP contribution is -2.30. The summed E-state index contributed by atoms with van der Waals surface area (Å²) in [6.45, 7) is 6.33. The quantitative estimate of drug-likeness (QED) is 0.0261. The van der Waals surface area contributed by atoms with Crippen LogP contribution < -0.4 is 0 Å². The van der Waals surface area contributed by atoms with Gasteiger partial charge in [0, 0.05) is 19.3 Å². The zero-order chi connectivity index (χ0) is 53.6. The van der Waals surface area contributed by atoms with E-state index in [2.05, 4.69) is 167 Å². The average Bonchev–Trinajstić information content (AvgIpc) is 3.40. The fourth-order valence-corrected chi connectivity index (χ4v) is 7.64. The molecule has 0 spiro atoms. The van der Waals surface area contributed by atoms with Gasteiger partial charge in [0.05, 0.1) is 0 Å². The van der Waals surface area contributed by atoms with Crippen LogP contribution in [0.5, 0.6) is 0 Å². The molecule has 0 aromatic carbocycles. The lowest BCUT2D eigenvalue weighted by molar-refractivity contribution is -0.167. The van der Waals surface area contributed by atoms with Crippen LogP contribution in [0, 0.1) is 0 Å².